The molecule has 0 heterocycles. The van der Waals surface area contributed by atoms with Gasteiger partial charge in [-0.25, -0.2) is 9.18 Å². The van der Waals surface area contributed by atoms with Gasteiger partial charge in [0, 0.05) is 6.42 Å². The number of benzene rings is 1. The van der Waals surface area contributed by atoms with E-state index < -0.39 is 24.6 Å². The normalized spacial score (nSPS) is 11.8. The average molecular weight is 311 g/mol. The molecule has 1 unspecified atom stereocenters. The zero-order valence-electron chi connectivity index (χ0n) is 12.9. The molecule has 0 aliphatic heterocycles. The van der Waals surface area contributed by atoms with Crippen LogP contribution in [0.3, 0.4) is 0 Å². The molecule has 0 saturated carbocycles. The van der Waals surface area contributed by atoms with Crippen LogP contribution in [-0.2, 0) is 9.59 Å². The number of hydrogen-bond acceptors (Lipinski definition) is 3. The number of hydrogen-bond donors (Lipinski definition) is 2. The predicted octanol–water partition coefficient (Wildman–Crippen LogP) is 2.39. The minimum absolute atomic E-state index is 0.153. The van der Waals surface area contributed by atoms with Crippen molar-refractivity contribution in [3.63, 3.8) is 0 Å². The standard InChI is InChI=1S/C16H22FNO4/c1-11-6-7-12(2)14(9-11)22-8-4-3-5-15(19)18-13(10-17)16(20)21/h6-7,9,13H,3-5,8,10H2,1-2H3,(H,18,19)(H,20,21). The molecule has 6 heteroatoms. The van der Waals surface area contributed by atoms with E-state index >= 15 is 0 Å². The molecule has 122 valence electrons. The fourth-order valence-corrected chi connectivity index (χ4v) is 1.87. The Morgan fingerprint density at radius 2 is 2.05 bits per heavy atom. The third-order valence-electron chi connectivity index (χ3n) is 3.19. The number of nitrogens with one attached hydrogen (secondary N) is 1. The third-order valence-corrected chi connectivity index (χ3v) is 3.19. The van der Waals surface area contributed by atoms with Crippen molar-refractivity contribution in [2.45, 2.75) is 39.2 Å². The van der Waals surface area contributed by atoms with Gasteiger partial charge in [-0.1, -0.05) is 12.1 Å². The van der Waals surface area contributed by atoms with Gasteiger partial charge >= 0.3 is 5.97 Å². The number of ether oxygens (including phenoxy) is 1. The fraction of sp³-hybridized carbons (Fsp3) is 0.500. The van der Waals surface area contributed by atoms with Crippen LogP contribution in [0.15, 0.2) is 18.2 Å². The maximum absolute atomic E-state index is 12.4. The van der Waals surface area contributed by atoms with Crippen LogP contribution in [0.25, 0.3) is 0 Å². The molecular weight excluding hydrogens is 289 g/mol. The minimum atomic E-state index is -1.46. The van der Waals surface area contributed by atoms with Crippen LogP contribution in [0.1, 0.15) is 30.4 Å². The highest BCUT2D eigenvalue weighted by atomic mass is 19.1. The van der Waals surface area contributed by atoms with Crippen LogP contribution in [-0.4, -0.2) is 36.3 Å². The lowest BCUT2D eigenvalue weighted by Gasteiger charge is -2.11. The van der Waals surface area contributed by atoms with Gasteiger partial charge in [0.2, 0.25) is 5.91 Å². The van der Waals surface area contributed by atoms with Gasteiger partial charge in [0.1, 0.15) is 12.4 Å². The Bertz CT molecular complexity index is 519. The van der Waals surface area contributed by atoms with Gasteiger partial charge in [0.15, 0.2) is 6.04 Å². The van der Waals surface area contributed by atoms with Crippen molar-refractivity contribution in [3.05, 3.63) is 29.3 Å². The summed E-state index contributed by atoms with van der Waals surface area (Å²) in [6.07, 6.45) is 1.36. The first kappa shape index (κ1) is 17.9. The maximum Gasteiger partial charge on any atom is 0.328 e. The molecular formula is C16H22FNO4. The average Bonchev–Trinajstić information content (AvgIpc) is 2.47. The van der Waals surface area contributed by atoms with Crippen molar-refractivity contribution in [2.75, 3.05) is 13.3 Å². The number of carbonyl (C=O) groups is 2. The van der Waals surface area contributed by atoms with Crippen LogP contribution < -0.4 is 10.1 Å². The van der Waals surface area contributed by atoms with Gasteiger partial charge in [-0.05, 0) is 43.9 Å². The lowest BCUT2D eigenvalue weighted by molar-refractivity contribution is -0.142. The van der Waals surface area contributed by atoms with Crippen molar-refractivity contribution in [1.29, 1.82) is 0 Å². The predicted molar refractivity (Wildman–Crippen MR) is 80.8 cm³/mol. The number of alkyl halides is 1. The molecule has 5 nitrogen and oxygen atoms in total. The highest BCUT2D eigenvalue weighted by Gasteiger charge is 2.18. The summed E-state index contributed by atoms with van der Waals surface area (Å²) < 4.78 is 18.0. The molecule has 1 amide bonds. The number of halogens is 1. The van der Waals surface area contributed by atoms with E-state index in [2.05, 4.69) is 5.32 Å². The summed E-state index contributed by atoms with van der Waals surface area (Å²) in [5.74, 6) is -1.00. The van der Waals surface area contributed by atoms with Gasteiger partial charge in [-0.2, -0.15) is 0 Å². The lowest BCUT2D eigenvalue weighted by Crippen LogP contribution is -2.42. The van der Waals surface area contributed by atoms with Crippen LogP contribution in [0.4, 0.5) is 4.39 Å². The first-order chi connectivity index (χ1) is 10.4. The molecule has 1 atom stereocenters. The number of aryl methyl sites for hydroxylation is 2. The van der Waals surface area contributed by atoms with Crippen molar-refractivity contribution < 1.29 is 23.8 Å². The molecule has 0 aliphatic carbocycles. The SMILES string of the molecule is Cc1ccc(C)c(OCCCCC(=O)NC(CF)C(=O)O)c1. The second kappa shape index (κ2) is 9.02. The molecule has 1 aromatic rings. The summed E-state index contributed by atoms with van der Waals surface area (Å²) in [6, 6.07) is 4.50. The number of carboxylic acid groups (broad SMARTS) is 1. The largest absolute Gasteiger partial charge is 0.493 e. The monoisotopic (exact) mass is 311 g/mol. The van der Waals surface area contributed by atoms with Crippen molar-refractivity contribution in [2.24, 2.45) is 0 Å². The van der Waals surface area contributed by atoms with Gasteiger partial charge in [-0.3, -0.25) is 4.79 Å². The van der Waals surface area contributed by atoms with E-state index in [0.29, 0.717) is 19.4 Å². The molecule has 0 spiro atoms. The quantitative estimate of drug-likeness (QED) is 0.687. The molecule has 0 bridgehead atoms. The van der Waals surface area contributed by atoms with E-state index in [9.17, 15) is 14.0 Å². The molecule has 2 N–H and O–H groups in total. The number of rotatable bonds is 9. The first-order valence-electron chi connectivity index (χ1n) is 7.22. The van der Waals surface area contributed by atoms with E-state index in [4.69, 9.17) is 9.84 Å². The number of amides is 1. The Balaban J connectivity index is 2.24. The van der Waals surface area contributed by atoms with Gasteiger partial charge in [-0.15, -0.1) is 0 Å². The Morgan fingerprint density at radius 3 is 2.68 bits per heavy atom. The summed E-state index contributed by atoms with van der Waals surface area (Å²) in [5, 5.41) is 10.8. The Morgan fingerprint density at radius 1 is 1.32 bits per heavy atom. The lowest BCUT2D eigenvalue weighted by atomic mass is 10.1. The zero-order valence-corrected chi connectivity index (χ0v) is 12.9. The highest BCUT2D eigenvalue weighted by molar-refractivity contribution is 5.83. The molecule has 0 radical (unpaired) electrons. The third kappa shape index (κ3) is 6.11. The smallest absolute Gasteiger partial charge is 0.328 e. The molecule has 0 fully saturated rings. The molecule has 0 saturated heterocycles. The Hall–Kier alpha value is -2.11. The van der Waals surface area contributed by atoms with E-state index in [1.54, 1.807) is 0 Å². The van der Waals surface area contributed by atoms with Crippen LogP contribution in [0.2, 0.25) is 0 Å². The molecule has 0 aromatic heterocycles. The second-order valence-corrected chi connectivity index (χ2v) is 5.19. The van der Waals surface area contributed by atoms with Crippen LogP contribution >= 0.6 is 0 Å². The fourth-order valence-electron chi connectivity index (χ4n) is 1.87. The maximum atomic E-state index is 12.4. The van der Waals surface area contributed by atoms with Gasteiger partial charge < -0.3 is 15.2 Å². The van der Waals surface area contributed by atoms with Crippen LogP contribution in [0.5, 0.6) is 5.75 Å². The molecule has 0 aliphatic rings. The summed E-state index contributed by atoms with van der Waals surface area (Å²) >= 11 is 0. The van der Waals surface area contributed by atoms with Crippen molar-refractivity contribution >= 4 is 11.9 Å². The Labute approximate surface area is 129 Å². The molecule has 1 aromatic carbocycles. The number of carbonyl (C=O) groups excluding carboxylic acids is 1. The summed E-state index contributed by atoms with van der Waals surface area (Å²) in [7, 11) is 0. The highest BCUT2D eigenvalue weighted by Crippen LogP contribution is 2.19. The number of carboxylic acids is 1. The van der Waals surface area contributed by atoms with Gasteiger partial charge in [0.25, 0.3) is 0 Å². The summed E-state index contributed by atoms with van der Waals surface area (Å²) in [5.41, 5.74) is 2.17. The van der Waals surface area contributed by atoms with E-state index in [0.717, 1.165) is 16.9 Å². The van der Waals surface area contributed by atoms with Crippen LogP contribution in [0, 0.1) is 13.8 Å². The molecule has 1 rings (SSSR count). The Kier molecular flexibility index (Phi) is 7.36. The van der Waals surface area contributed by atoms with Crippen molar-refractivity contribution in [1.82, 2.24) is 5.32 Å². The molecule has 22 heavy (non-hydrogen) atoms. The van der Waals surface area contributed by atoms with E-state index in [1.165, 1.54) is 0 Å². The zero-order chi connectivity index (χ0) is 16.5. The second-order valence-electron chi connectivity index (χ2n) is 5.19. The van der Waals surface area contributed by atoms with Crippen molar-refractivity contribution in [3.8, 4) is 5.75 Å². The van der Waals surface area contributed by atoms with Gasteiger partial charge in [0.05, 0.1) is 6.61 Å². The van der Waals surface area contributed by atoms with E-state index in [1.807, 2.05) is 32.0 Å². The number of aliphatic carboxylic acids is 1. The minimum Gasteiger partial charge on any atom is -0.493 e. The summed E-state index contributed by atoms with van der Waals surface area (Å²) in [4.78, 5) is 22.1. The number of unbranched alkanes of at least 4 members (excludes halogenated alkanes) is 1. The summed E-state index contributed by atoms with van der Waals surface area (Å²) in [6.45, 7) is 3.31. The topological polar surface area (TPSA) is 75.6 Å². The first-order valence-corrected chi connectivity index (χ1v) is 7.22. The van der Waals surface area contributed by atoms with E-state index in [-0.39, 0.29) is 6.42 Å².